The number of hydrogen-bond acceptors (Lipinski definition) is 3. The summed E-state index contributed by atoms with van der Waals surface area (Å²) in [7, 11) is 0. The van der Waals surface area contributed by atoms with Crippen molar-refractivity contribution >= 4 is 34.7 Å². The van der Waals surface area contributed by atoms with Crippen LogP contribution in [0.4, 0.5) is 15.8 Å². The van der Waals surface area contributed by atoms with Crippen molar-refractivity contribution in [3.8, 4) is 0 Å². The van der Waals surface area contributed by atoms with E-state index in [1.54, 1.807) is 0 Å². The molecular formula is C20H20ClFN3O2+. The van der Waals surface area contributed by atoms with Crippen molar-refractivity contribution in [2.45, 2.75) is 6.92 Å². The number of quaternary nitrogens is 1. The molecule has 0 spiro atoms. The number of carbonyl (C=O) groups excluding carboxylic acids is 2. The Morgan fingerprint density at radius 2 is 1.81 bits per heavy atom. The lowest BCUT2D eigenvalue weighted by Gasteiger charge is -2.35. The zero-order valence-corrected chi connectivity index (χ0v) is 15.7. The van der Waals surface area contributed by atoms with Gasteiger partial charge in [-0.3, -0.25) is 14.5 Å². The number of ketones is 1. The highest BCUT2D eigenvalue weighted by Gasteiger charge is 2.38. The lowest BCUT2D eigenvalue weighted by Crippen LogP contribution is -3.16. The fourth-order valence-electron chi connectivity index (χ4n) is 3.79. The van der Waals surface area contributed by atoms with Gasteiger partial charge in [-0.15, -0.1) is 0 Å². The summed E-state index contributed by atoms with van der Waals surface area (Å²) in [5.41, 5.74) is 2.97. The van der Waals surface area contributed by atoms with Gasteiger partial charge in [0.1, 0.15) is 5.82 Å². The lowest BCUT2D eigenvalue weighted by molar-refractivity contribution is -0.899. The van der Waals surface area contributed by atoms with Crippen LogP contribution in [-0.2, 0) is 4.79 Å². The van der Waals surface area contributed by atoms with E-state index in [1.165, 1.54) is 33.6 Å². The minimum atomic E-state index is -0.573. The minimum absolute atomic E-state index is 0.286. The maximum Gasteiger partial charge on any atom is 0.303 e. The number of piperazine rings is 1. The van der Waals surface area contributed by atoms with Crippen LogP contribution in [0.1, 0.15) is 15.9 Å². The molecule has 4 rings (SSSR count). The monoisotopic (exact) mass is 388 g/mol. The molecule has 0 radical (unpaired) electrons. The number of Topliss-reactive ketones (excluding diaryl/α,β-unsaturated/α-hetero) is 1. The SMILES string of the molecule is Cc1ccc(Cl)cc1N1CC[NH+](CN2C(=O)C(=O)c3ccc(F)cc32)CC1. The Morgan fingerprint density at radius 3 is 2.56 bits per heavy atom. The average molecular weight is 389 g/mol. The second kappa shape index (κ2) is 6.94. The van der Waals surface area contributed by atoms with E-state index >= 15 is 0 Å². The van der Waals surface area contributed by atoms with Gasteiger partial charge in [-0.05, 0) is 42.8 Å². The number of hydrogen-bond donors (Lipinski definition) is 1. The molecule has 1 amide bonds. The van der Waals surface area contributed by atoms with E-state index in [4.69, 9.17) is 11.6 Å². The zero-order chi connectivity index (χ0) is 19.1. The molecular weight excluding hydrogens is 369 g/mol. The van der Waals surface area contributed by atoms with Crippen molar-refractivity contribution in [2.24, 2.45) is 0 Å². The fourth-order valence-corrected chi connectivity index (χ4v) is 3.96. The molecule has 1 N–H and O–H groups in total. The van der Waals surface area contributed by atoms with Crippen molar-refractivity contribution in [1.29, 1.82) is 0 Å². The molecule has 0 saturated carbocycles. The summed E-state index contributed by atoms with van der Waals surface area (Å²) in [6.07, 6.45) is 0. The number of nitrogens with one attached hydrogen (secondary N) is 1. The molecule has 140 valence electrons. The number of fused-ring (bicyclic) bond motifs is 1. The van der Waals surface area contributed by atoms with E-state index in [2.05, 4.69) is 11.8 Å². The van der Waals surface area contributed by atoms with Crippen LogP contribution in [0.25, 0.3) is 0 Å². The normalized spacial score (nSPS) is 17.6. The Kier molecular flexibility index (Phi) is 4.61. The summed E-state index contributed by atoms with van der Waals surface area (Å²) in [5.74, 6) is -1.58. The van der Waals surface area contributed by atoms with Crippen LogP contribution in [0.5, 0.6) is 0 Å². The molecule has 0 bridgehead atoms. The first kappa shape index (κ1) is 17.9. The van der Waals surface area contributed by atoms with Crippen LogP contribution in [-0.4, -0.2) is 44.5 Å². The van der Waals surface area contributed by atoms with Gasteiger partial charge >= 0.3 is 5.91 Å². The molecule has 7 heteroatoms. The van der Waals surface area contributed by atoms with Crippen molar-refractivity contribution in [3.63, 3.8) is 0 Å². The third-order valence-corrected chi connectivity index (χ3v) is 5.53. The number of nitrogens with zero attached hydrogens (tertiary/aromatic N) is 2. The number of aryl methyl sites for hydroxylation is 1. The summed E-state index contributed by atoms with van der Waals surface area (Å²) in [6.45, 7) is 5.70. The maximum absolute atomic E-state index is 13.6. The van der Waals surface area contributed by atoms with E-state index in [-0.39, 0.29) is 5.56 Å². The predicted molar refractivity (Wildman–Crippen MR) is 102 cm³/mol. The third kappa shape index (κ3) is 3.31. The van der Waals surface area contributed by atoms with Gasteiger partial charge in [-0.25, -0.2) is 4.39 Å². The first-order chi connectivity index (χ1) is 12.9. The topological polar surface area (TPSA) is 45.1 Å². The van der Waals surface area contributed by atoms with Gasteiger partial charge in [0.25, 0.3) is 5.78 Å². The summed E-state index contributed by atoms with van der Waals surface area (Å²) < 4.78 is 13.6. The molecule has 2 aromatic rings. The molecule has 27 heavy (non-hydrogen) atoms. The highest BCUT2D eigenvalue weighted by atomic mass is 35.5. The van der Waals surface area contributed by atoms with Gasteiger partial charge in [0.2, 0.25) is 0 Å². The summed E-state index contributed by atoms with van der Waals surface area (Å²) >= 11 is 6.13. The second-order valence-electron chi connectivity index (χ2n) is 7.05. The van der Waals surface area contributed by atoms with Crippen molar-refractivity contribution in [2.75, 3.05) is 42.6 Å². The van der Waals surface area contributed by atoms with E-state index in [0.717, 1.165) is 31.9 Å². The Bertz CT molecular complexity index is 925. The first-order valence-corrected chi connectivity index (χ1v) is 9.32. The number of amides is 1. The highest BCUT2D eigenvalue weighted by Crippen LogP contribution is 2.29. The molecule has 0 aliphatic carbocycles. The van der Waals surface area contributed by atoms with E-state index < -0.39 is 17.5 Å². The maximum atomic E-state index is 13.6. The van der Waals surface area contributed by atoms with E-state index in [0.29, 0.717) is 17.4 Å². The van der Waals surface area contributed by atoms with Crippen LogP contribution in [0.15, 0.2) is 36.4 Å². The Hall–Kier alpha value is -2.44. The smallest absolute Gasteiger partial charge is 0.303 e. The second-order valence-corrected chi connectivity index (χ2v) is 7.49. The molecule has 2 aromatic carbocycles. The van der Waals surface area contributed by atoms with Gasteiger partial charge < -0.3 is 9.80 Å². The number of carbonyl (C=O) groups is 2. The Labute approximate surface area is 161 Å². The third-order valence-electron chi connectivity index (χ3n) is 5.30. The van der Waals surface area contributed by atoms with Gasteiger partial charge in [-0.1, -0.05) is 17.7 Å². The van der Waals surface area contributed by atoms with Crippen LogP contribution >= 0.6 is 11.6 Å². The lowest BCUT2D eigenvalue weighted by atomic mass is 10.1. The minimum Gasteiger partial charge on any atom is -0.360 e. The first-order valence-electron chi connectivity index (χ1n) is 8.94. The molecule has 0 atom stereocenters. The summed E-state index contributed by atoms with van der Waals surface area (Å²) in [4.78, 5) is 29.3. The molecule has 0 unspecified atom stereocenters. The average Bonchev–Trinajstić information content (AvgIpc) is 2.89. The van der Waals surface area contributed by atoms with Crippen molar-refractivity contribution < 1.29 is 18.9 Å². The van der Waals surface area contributed by atoms with Gasteiger partial charge in [0, 0.05) is 10.7 Å². The molecule has 2 aliphatic heterocycles. The number of rotatable bonds is 3. The Morgan fingerprint density at radius 1 is 1.07 bits per heavy atom. The van der Waals surface area contributed by atoms with Crippen molar-refractivity contribution in [1.82, 2.24) is 0 Å². The molecule has 2 heterocycles. The number of benzene rings is 2. The Balaban J connectivity index is 1.46. The van der Waals surface area contributed by atoms with Crippen molar-refractivity contribution in [3.05, 3.63) is 58.4 Å². The quantitative estimate of drug-likeness (QED) is 0.814. The standard InChI is InChI=1S/C20H19ClFN3O2/c1-13-2-3-14(21)10-17(13)24-8-6-23(7-9-24)12-25-18-11-15(22)4-5-16(18)19(26)20(25)27/h2-5,10-11H,6-9,12H2,1H3/p+1. The summed E-state index contributed by atoms with van der Waals surface area (Å²) in [5, 5.41) is 0.713. The van der Waals surface area contributed by atoms with E-state index in [9.17, 15) is 14.0 Å². The molecule has 1 fully saturated rings. The van der Waals surface area contributed by atoms with Gasteiger partial charge in [-0.2, -0.15) is 0 Å². The van der Waals surface area contributed by atoms with Gasteiger partial charge in [0.15, 0.2) is 6.67 Å². The predicted octanol–water partition coefficient (Wildman–Crippen LogP) is 1.68. The van der Waals surface area contributed by atoms with Gasteiger partial charge in [0.05, 0.1) is 37.4 Å². The van der Waals surface area contributed by atoms with E-state index in [1.807, 2.05) is 18.2 Å². The summed E-state index contributed by atoms with van der Waals surface area (Å²) in [6, 6.07) is 9.74. The zero-order valence-electron chi connectivity index (χ0n) is 15.0. The number of halogens is 2. The molecule has 1 saturated heterocycles. The van der Waals surface area contributed by atoms with Crippen LogP contribution in [0.2, 0.25) is 5.02 Å². The highest BCUT2D eigenvalue weighted by molar-refractivity contribution is 6.52. The molecule has 5 nitrogen and oxygen atoms in total. The van der Waals surface area contributed by atoms with Crippen LogP contribution in [0, 0.1) is 12.7 Å². The van der Waals surface area contributed by atoms with Crippen LogP contribution in [0.3, 0.4) is 0 Å². The molecule has 0 aromatic heterocycles. The molecule has 2 aliphatic rings. The largest absolute Gasteiger partial charge is 0.360 e. The van der Waals surface area contributed by atoms with Crippen LogP contribution < -0.4 is 14.7 Å². The number of anilines is 2. The fraction of sp³-hybridized carbons (Fsp3) is 0.300.